The predicted molar refractivity (Wildman–Crippen MR) is 192 cm³/mol. The number of fused-ring (bicyclic) bond motifs is 1. The van der Waals surface area contributed by atoms with Gasteiger partial charge >= 0.3 is 0 Å². The Labute approximate surface area is 308 Å². The monoisotopic (exact) mass is 827 g/mol. The van der Waals surface area contributed by atoms with Crippen molar-refractivity contribution in [1.29, 1.82) is 0 Å². The molecule has 4 aromatic carbocycles. The number of sulfone groups is 2. The highest BCUT2D eigenvalue weighted by atomic mass is 32.2. The van der Waals surface area contributed by atoms with Gasteiger partial charge in [0.2, 0.25) is 19.7 Å². The van der Waals surface area contributed by atoms with Gasteiger partial charge < -0.3 is 29.8 Å². The summed E-state index contributed by atoms with van der Waals surface area (Å²) in [5, 5.41) is 27.1. The van der Waals surface area contributed by atoms with Crippen LogP contribution in [0.3, 0.4) is 0 Å². The van der Waals surface area contributed by atoms with Crippen LogP contribution in [0.4, 0.5) is 28.4 Å². The molecule has 24 heteroatoms. The molecule has 0 aliphatic heterocycles. The first kappa shape index (κ1) is 41.1. The highest BCUT2D eigenvalue weighted by molar-refractivity contribution is 7.94. The maximum Gasteiger partial charge on any atom is 0.296 e. The van der Waals surface area contributed by atoms with Gasteiger partial charge in [-0.2, -0.15) is 16.8 Å². The number of methoxy groups -OCH3 is 4. The average Bonchev–Trinajstić information content (AvgIpc) is 3.11. The van der Waals surface area contributed by atoms with E-state index in [1.54, 1.807) is 0 Å². The fraction of sp³-hybridized carbons (Fsp3) is 0.133. The SMILES string of the molecule is C=CS(=O)(=O)c1cc(OC)c(N=Nc2c(S(=O)(=O)O)cc3cc(S(=O)(=O)O)c(N=Nc4cc(OC)c(S(=O)(=O)C=C)cc4OC)c(O)c3c2N)cc1OC. The van der Waals surface area contributed by atoms with E-state index < -0.39 is 83.3 Å². The van der Waals surface area contributed by atoms with Gasteiger partial charge in [-0.1, -0.05) is 13.2 Å². The molecule has 0 radical (unpaired) electrons. The van der Waals surface area contributed by atoms with Crippen molar-refractivity contribution < 1.29 is 66.8 Å². The van der Waals surface area contributed by atoms with E-state index >= 15 is 0 Å². The van der Waals surface area contributed by atoms with E-state index in [9.17, 15) is 47.9 Å². The third-order valence-electron chi connectivity index (χ3n) is 7.37. The molecule has 0 aliphatic carbocycles. The van der Waals surface area contributed by atoms with Crippen molar-refractivity contribution in [2.75, 3.05) is 34.2 Å². The average molecular weight is 828 g/mol. The number of nitrogen functional groups attached to an aromatic ring is 1. The van der Waals surface area contributed by atoms with Gasteiger partial charge in [-0.25, -0.2) is 16.8 Å². The smallest absolute Gasteiger partial charge is 0.296 e. The number of aromatic hydroxyl groups is 1. The Bertz CT molecular complexity index is 2570. The minimum atomic E-state index is -5.29. The Morgan fingerprint density at radius 1 is 0.574 bits per heavy atom. The number of phenolic OH excluding ortho intramolecular Hbond substituents is 1. The number of benzene rings is 4. The number of azo groups is 2. The van der Waals surface area contributed by atoms with E-state index in [1.807, 2.05) is 0 Å². The summed E-state index contributed by atoms with van der Waals surface area (Å²) in [5.74, 6) is -2.04. The van der Waals surface area contributed by atoms with Crippen LogP contribution in [0.15, 0.2) is 100 Å². The normalized spacial score (nSPS) is 12.6. The predicted octanol–water partition coefficient (Wildman–Crippen LogP) is 5.32. The fourth-order valence-corrected chi connectivity index (χ4v) is 7.88. The van der Waals surface area contributed by atoms with Gasteiger partial charge in [0.1, 0.15) is 65.3 Å². The van der Waals surface area contributed by atoms with Crippen LogP contribution < -0.4 is 24.7 Å². The minimum absolute atomic E-state index is 0.210. The standard InChI is InChI=1S/C30H29N5O15S4/c1-7-51(37,38)22-13-18(47-3)16(11-20(22)49-5)32-34-28-24(53(41,42)43)9-15-10-25(54(44,45)46)29(30(36)26(15)27(28)31)35-33-17-12-21(50-6)23(14-19(17)48-4)52(39,40)8-2/h7-14,36H,1-2,31H2,3-6H3,(H,41,42,43)(H,44,45,46). The highest BCUT2D eigenvalue weighted by Crippen LogP contribution is 2.49. The van der Waals surface area contributed by atoms with E-state index in [0.29, 0.717) is 22.9 Å². The Balaban J connectivity index is 2.05. The lowest BCUT2D eigenvalue weighted by atomic mass is 10.1. The van der Waals surface area contributed by atoms with Crippen molar-refractivity contribution >= 4 is 79.1 Å². The molecule has 0 heterocycles. The number of hydrogen-bond acceptors (Lipinski definition) is 18. The van der Waals surface area contributed by atoms with Gasteiger partial charge in [0.05, 0.1) is 39.5 Å². The van der Waals surface area contributed by atoms with E-state index in [-0.39, 0.29) is 44.2 Å². The summed E-state index contributed by atoms with van der Waals surface area (Å²) in [4.78, 5) is -2.90. The van der Waals surface area contributed by atoms with Crippen molar-refractivity contribution in [2.45, 2.75) is 19.6 Å². The maximum absolute atomic E-state index is 12.5. The lowest BCUT2D eigenvalue weighted by Crippen LogP contribution is -2.04. The molecule has 20 nitrogen and oxygen atoms in total. The Kier molecular flexibility index (Phi) is 11.4. The first-order valence-electron chi connectivity index (χ1n) is 14.3. The van der Waals surface area contributed by atoms with E-state index in [2.05, 4.69) is 33.6 Å². The Morgan fingerprint density at radius 2 is 0.944 bits per heavy atom. The third kappa shape index (κ3) is 7.82. The fourth-order valence-electron chi connectivity index (χ4n) is 4.80. The molecule has 288 valence electrons. The molecule has 0 bridgehead atoms. The van der Waals surface area contributed by atoms with Crippen molar-refractivity contribution in [3.8, 4) is 28.7 Å². The lowest BCUT2D eigenvalue weighted by Gasteiger charge is -2.15. The van der Waals surface area contributed by atoms with Crippen LogP contribution in [0, 0.1) is 0 Å². The van der Waals surface area contributed by atoms with Gasteiger partial charge in [0.25, 0.3) is 20.2 Å². The molecule has 0 spiro atoms. The summed E-state index contributed by atoms with van der Waals surface area (Å²) in [5.41, 5.74) is 3.28. The third-order valence-corrected chi connectivity index (χ3v) is 11.8. The van der Waals surface area contributed by atoms with Crippen molar-refractivity contribution in [1.82, 2.24) is 0 Å². The Hall–Kier alpha value is -5.66. The van der Waals surface area contributed by atoms with Crippen LogP contribution in [0.2, 0.25) is 0 Å². The quantitative estimate of drug-likeness (QED) is 0.0710. The molecule has 0 aliphatic rings. The summed E-state index contributed by atoms with van der Waals surface area (Å²) in [6.45, 7) is 6.51. The number of ether oxygens (including phenoxy) is 4. The van der Waals surface area contributed by atoms with Gasteiger partial charge in [-0.3, -0.25) is 9.11 Å². The number of nitrogens with zero attached hydrogens (tertiary/aromatic N) is 4. The zero-order valence-electron chi connectivity index (χ0n) is 28.3. The summed E-state index contributed by atoms with van der Waals surface area (Å²) in [6, 6.07) is 5.48. The van der Waals surface area contributed by atoms with Gasteiger partial charge in [-0.05, 0) is 17.5 Å². The molecule has 4 aromatic rings. The van der Waals surface area contributed by atoms with Crippen molar-refractivity contribution in [3.63, 3.8) is 0 Å². The van der Waals surface area contributed by atoms with Crippen LogP contribution in [0.5, 0.6) is 28.7 Å². The summed E-state index contributed by atoms with van der Waals surface area (Å²) >= 11 is 0. The molecule has 0 fully saturated rings. The zero-order valence-corrected chi connectivity index (χ0v) is 31.5. The number of hydrogen-bond donors (Lipinski definition) is 4. The van der Waals surface area contributed by atoms with E-state index in [0.717, 1.165) is 52.7 Å². The largest absolute Gasteiger partial charge is 0.505 e. The molecule has 0 aromatic heterocycles. The van der Waals surface area contributed by atoms with Crippen LogP contribution in [-0.2, 0) is 39.9 Å². The first-order valence-corrected chi connectivity index (χ1v) is 20.2. The minimum Gasteiger partial charge on any atom is -0.505 e. The van der Waals surface area contributed by atoms with Crippen molar-refractivity contribution in [3.05, 3.63) is 60.4 Å². The zero-order chi connectivity index (χ0) is 40.6. The molecular weight excluding hydrogens is 799 g/mol. The van der Waals surface area contributed by atoms with Crippen molar-refractivity contribution in [2.24, 2.45) is 20.5 Å². The van der Waals surface area contributed by atoms with Crippen LogP contribution in [0.1, 0.15) is 0 Å². The number of anilines is 1. The lowest BCUT2D eigenvalue weighted by molar-refractivity contribution is 0.393. The van der Waals surface area contributed by atoms with Crippen LogP contribution in [-0.4, -0.2) is 76.3 Å². The molecule has 54 heavy (non-hydrogen) atoms. The topological polar surface area (TPSA) is 310 Å². The maximum atomic E-state index is 12.5. The molecule has 4 rings (SSSR count). The molecule has 0 saturated carbocycles. The van der Waals surface area contributed by atoms with Crippen LogP contribution >= 0.6 is 0 Å². The summed E-state index contributed by atoms with van der Waals surface area (Å²) < 4.78 is 141. The highest BCUT2D eigenvalue weighted by Gasteiger charge is 2.29. The molecule has 0 atom stereocenters. The van der Waals surface area contributed by atoms with Gasteiger partial charge in [0, 0.05) is 35.1 Å². The molecule has 0 amide bonds. The van der Waals surface area contributed by atoms with Gasteiger partial charge in [0.15, 0.2) is 5.75 Å². The van der Waals surface area contributed by atoms with Crippen LogP contribution in [0.25, 0.3) is 10.8 Å². The number of nitrogens with two attached hydrogens (primary N) is 1. The second kappa shape index (κ2) is 15.0. The van der Waals surface area contributed by atoms with Gasteiger partial charge in [-0.15, -0.1) is 20.5 Å². The Morgan fingerprint density at radius 3 is 1.30 bits per heavy atom. The molecule has 5 N–H and O–H groups in total. The number of phenols is 1. The van der Waals surface area contributed by atoms with E-state index in [1.165, 1.54) is 0 Å². The second-order valence-electron chi connectivity index (χ2n) is 10.4. The molecule has 0 unspecified atom stereocenters. The number of rotatable bonds is 14. The second-order valence-corrected chi connectivity index (χ2v) is 16.9. The summed E-state index contributed by atoms with van der Waals surface area (Å²) in [7, 11) is -14.1. The van der Waals surface area contributed by atoms with E-state index in [4.69, 9.17) is 24.7 Å². The molecule has 0 saturated heterocycles. The summed E-state index contributed by atoms with van der Waals surface area (Å²) in [6.07, 6.45) is 0. The molecular formula is C30H29N5O15S4. The first-order chi connectivity index (χ1) is 25.1.